The highest BCUT2D eigenvalue weighted by Crippen LogP contribution is 2.69. The first kappa shape index (κ1) is 19.6. The Kier molecular flexibility index (Phi) is 4.06. The van der Waals surface area contributed by atoms with Crippen LogP contribution in [0.1, 0.15) is 22.8 Å². The van der Waals surface area contributed by atoms with E-state index in [0.29, 0.717) is 0 Å². The number of fused-ring (bicyclic) bond motifs is 9. The van der Waals surface area contributed by atoms with E-state index in [0.717, 1.165) is 27.6 Å². The molecular formula is C25H19NO5S2. The Labute approximate surface area is 197 Å². The maximum atomic E-state index is 13.2. The van der Waals surface area contributed by atoms with Crippen molar-refractivity contribution >= 4 is 35.0 Å². The number of carbonyl (C=O) groups is 2. The van der Waals surface area contributed by atoms with Gasteiger partial charge in [-0.05, 0) is 42.4 Å². The first-order valence-electron chi connectivity index (χ1n) is 11.1. The number of aromatic nitrogens is 1. The molecule has 2 aliphatic carbocycles. The molecule has 1 aromatic heterocycles. The lowest BCUT2D eigenvalue weighted by molar-refractivity contribution is -0.154. The van der Waals surface area contributed by atoms with Crippen molar-refractivity contribution in [3.05, 3.63) is 74.7 Å². The highest BCUT2D eigenvalue weighted by molar-refractivity contribution is 8.00. The molecule has 33 heavy (non-hydrogen) atoms. The highest BCUT2D eigenvalue weighted by Gasteiger charge is 2.69. The van der Waals surface area contributed by atoms with Crippen LogP contribution in [0, 0.1) is 29.6 Å². The number of nitrogens with zero attached hydrogens (tertiary/aromatic N) is 1. The van der Waals surface area contributed by atoms with Gasteiger partial charge in [0.05, 0.1) is 22.5 Å². The lowest BCUT2D eigenvalue weighted by Crippen LogP contribution is -2.43. The van der Waals surface area contributed by atoms with Crippen molar-refractivity contribution in [3.8, 4) is 11.4 Å². The van der Waals surface area contributed by atoms with Gasteiger partial charge in [0.15, 0.2) is 0 Å². The van der Waals surface area contributed by atoms with Gasteiger partial charge in [-0.15, -0.1) is 11.8 Å². The molecule has 8 heteroatoms. The fourth-order valence-corrected chi connectivity index (χ4v) is 9.93. The number of phenols is 1. The van der Waals surface area contributed by atoms with Gasteiger partial charge in [-0.25, -0.2) is 0 Å². The van der Waals surface area contributed by atoms with E-state index < -0.39 is 23.8 Å². The average molecular weight is 478 g/mol. The molecule has 2 aliphatic heterocycles. The van der Waals surface area contributed by atoms with Crippen molar-refractivity contribution in [2.24, 2.45) is 29.6 Å². The smallest absolute Gasteiger partial charge is 0.317 e. The third-order valence-corrected chi connectivity index (χ3v) is 10.6. The lowest BCUT2D eigenvalue weighted by atomic mass is 9.68. The van der Waals surface area contributed by atoms with Gasteiger partial charge in [-0.3, -0.25) is 19.0 Å². The molecule has 7 atom stereocenters. The van der Waals surface area contributed by atoms with Crippen LogP contribution in [0.15, 0.2) is 64.4 Å². The second kappa shape index (κ2) is 6.84. The molecule has 7 unspecified atom stereocenters. The van der Waals surface area contributed by atoms with E-state index in [9.17, 15) is 19.5 Å². The maximum Gasteiger partial charge on any atom is 0.317 e. The van der Waals surface area contributed by atoms with Gasteiger partial charge in [0, 0.05) is 21.6 Å². The van der Waals surface area contributed by atoms with E-state index in [4.69, 9.17) is 4.74 Å². The summed E-state index contributed by atoms with van der Waals surface area (Å²) in [6, 6.07) is 16.8. The molecule has 3 fully saturated rings. The van der Waals surface area contributed by atoms with E-state index in [1.807, 2.05) is 42.5 Å². The topological polar surface area (TPSA) is 85.6 Å². The zero-order valence-corrected chi connectivity index (χ0v) is 18.9. The van der Waals surface area contributed by atoms with Gasteiger partial charge < -0.3 is 9.84 Å². The molecular weight excluding hydrogens is 458 g/mol. The number of esters is 2. The van der Waals surface area contributed by atoms with Crippen LogP contribution in [0.5, 0.6) is 5.75 Å². The van der Waals surface area contributed by atoms with Gasteiger partial charge in [0.25, 0.3) is 0 Å². The Morgan fingerprint density at radius 2 is 1.61 bits per heavy atom. The Hall–Kier alpha value is -2.84. The standard InChI is InChI=1S/C25H19NO5S2/c27-15-9-5-4-8-12(15)16-17-13-10-14(19-18(13)23(28)31-24(19)29)20(17)32-22-21(16)33-25(30)26(22)11-6-2-1-3-7-11/h1-9,13-14,16-20,27H,10H2. The van der Waals surface area contributed by atoms with Crippen LogP contribution in [-0.4, -0.2) is 26.9 Å². The van der Waals surface area contributed by atoms with Gasteiger partial charge in [0.1, 0.15) is 5.75 Å². The van der Waals surface area contributed by atoms with Crippen molar-refractivity contribution in [3.63, 3.8) is 0 Å². The highest BCUT2D eigenvalue weighted by atomic mass is 32.2. The van der Waals surface area contributed by atoms with E-state index in [-0.39, 0.29) is 39.5 Å². The third-order valence-electron chi connectivity index (χ3n) is 7.89. The summed E-state index contributed by atoms with van der Waals surface area (Å²) >= 11 is 2.88. The van der Waals surface area contributed by atoms with Crippen LogP contribution < -0.4 is 4.87 Å². The second-order valence-electron chi connectivity index (χ2n) is 9.26. The molecule has 0 amide bonds. The molecule has 2 aromatic carbocycles. The SMILES string of the molecule is O=C1OC(=O)C2C3CC(C4Sc5c(sc(=O)n5-c5ccccc5)C(c5ccccc5O)C34)C12. The number of hydrogen-bond acceptors (Lipinski definition) is 7. The van der Waals surface area contributed by atoms with Crippen molar-refractivity contribution in [1.29, 1.82) is 0 Å². The molecule has 1 saturated heterocycles. The molecule has 166 valence electrons. The van der Waals surface area contributed by atoms with E-state index in [1.165, 1.54) is 11.3 Å². The third kappa shape index (κ3) is 2.53. The lowest BCUT2D eigenvalue weighted by Gasteiger charge is -2.43. The second-order valence-corrected chi connectivity index (χ2v) is 11.4. The van der Waals surface area contributed by atoms with Crippen LogP contribution in [0.25, 0.3) is 5.69 Å². The zero-order chi connectivity index (χ0) is 22.4. The van der Waals surface area contributed by atoms with E-state index >= 15 is 0 Å². The van der Waals surface area contributed by atoms with Crippen LogP contribution >= 0.6 is 23.1 Å². The van der Waals surface area contributed by atoms with Gasteiger partial charge in [-0.1, -0.05) is 47.7 Å². The Morgan fingerprint density at radius 1 is 0.909 bits per heavy atom. The number of carbonyl (C=O) groups excluding carboxylic acids is 2. The summed E-state index contributed by atoms with van der Waals surface area (Å²) in [5, 5.41) is 11.8. The largest absolute Gasteiger partial charge is 0.508 e. The number of aromatic hydroxyl groups is 1. The van der Waals surface area contributed by atoms with Crippen LogP contribution in [0.4, 0.5) is 0 Å². The molecule has 3 aromatic rings. The summed E-state index contributed by atoms with van der Waals surface area (Å²) in [5.74, 6) is -1.56. The predicted molar refractivity (Wildman–Crippen MR) is 123 cm³/mol. The van der Waals surface area contributed by atoms with Gasteiger partial charge in [-0.2, -0.15) is 0 Å². The first-order valence-corrected chi connectivity index (χ1v) is 12.8. The van der Waals surface area contributed by atoms with E-state index in [2.05, 4.69) is 0 Å². The van der Waals surface area contributed by atoms with Crippen molar-refractivity contribution in [1.82, 2.24) is 4.57 Å². The number of phenolic OH excluding ortho intramolecular Hbond substituents is 1. The summed E-state index contributed by atoms with van der Waals surface area (Å²) < 4.78 is 6.82. The molecule has 2 saturated carbocycles. The number of thioether (sulfide) groups is 1. The fourth-order valence-electron chi connectivity index (χ4n) is 6.77. The molecule has 2 bridgehead atoms. The molecule has 0 radical (unpaired) electrons. The average Bonchev–Trinajstić information content (AvgIpc) is 3.53. The summed E-state index contributed by atoms with van der Waals surface area (Å²) in [4.78, 5) is 39.2. The summed E-state index contributed by atoms with van der Waals surface area (Å²) in [5.41, 5.74) is 1.58. The monoisotopic (exact) mass is 477 g/mol. The van der Waals surface area contributed by atoms with Crippen molar-refractivity contribution in [2.75, 3.05) is 0 Å². The molecule has 3 heterocycles. The van der Waals surface area contributed by atoms with Crippen molar-refractivity contribution < 1.29 is 19.4 Å². The summed E-state index contributed by atoms with van der Waals surface area (Å²) in [7, 11) is 0. The van der Waals surface area contributed by atoms with Crippen LogP contribution in [-0.2, 0) is 14.3 Å². The zero-order valence-electron chi connectivity index (χ0n) is 17.3. The Bertz CT molecular complexity index is 1380. The Balaban J connectivity index is 1.45. The number of para-hydroxylation sites is 2. The Morgan fingerprint density at radius 3 is 2.36 bits per heavy atom. The molecule has 0 spiro atoms. The normalized spacial score (nSPS) is 33.5. The van der Waals surface area contributed by atoms with Crippen LogP contribution in [0.3, 0.4) is 0 Å². The minimum Gasteiger partial charge on any atom is -0.508 e. The number of cyclic esters (lactones) is 2. The van der Waals surface area contributed by atoms with E-state index in [1.54, 1.807) is 28.5 Å². The minimum absolute atomic E-state index is 0.00316. The summed E-state index contributed by atoms with van der Waals surface area (Å²) in [6.45, 7) is 0. The number of thiazole rings is 1. The summed E-state index contributed by atoms with van der Waals surface area (Å²) in [6.07, 6.45) is 0.799. The maximum absolute atomic E-state index is 13.2. The van der Waals surface area contributed by atoms with Gasteiger partial charge in [0.2, 0.25) is 0 Å². The van der Waals surface area contributed by atoms with Gasteiger partial charge >= 0.3 is 16.8 Å². The van der Waals surface area contributed by atoms with Crippen molar-refractivity contribution in [2.45, 2.75) is 22.6 Å². The number of hydrogen-bond donors (Lipinski definition) is 1. The number of rotatable bonds is 2. The number of benzene rings is 2. The molecule has 7 rings (SSSR count). The van der Waals surface area contributed by atoms with Crippen LogP contribution in [0.2, 0.25) is 0 Å². The quantitative estimate of drug-likeness (QED) is 0.447. The molecule has 1 N–H and O–H groups in total. The predicted octanol–water partition coefficient (Wildman–Crippen LogP) is 3.79. The minimum atomic E-state index is -0.410. The number of ether oxygens (including phenoxy) is 1. The molecule has 4 aliphatic rings. The first-order chi connectivity index (χ1) is 16.0. The molecule has 6 nitrogen and oxygen atoms in total. The fraction of sp³-hybridized carbons (Fsp3) is 0.320.